The van der Waals surface area contributed by atoms with Crippen LogP contribution in [0.1, 0.15) is 70.4 Å². The third-order valence-electron chi connectivity index (χ3n) is 4.84. The Morgan fingerprint density at radius 3 is 1.96 bits per heavy atom. The lowest BCUT2D eigenvalue weighted by Crippen LogP contribution is -2.18. The van der Waals surface area contributed by atoms with Crippen LogP contribution in [0.15, 0.2) is 54.6 Å². The summed E-state index contributed by atoms with van der Waals surface area (Å²) in [6.07, 6.45) is 7.79. The van der Waals surface area contributed by atoms with Crippen molar-refractivity contribution in [2.24, 2.45) is 0 Å². The second kappa shape index (κ2) is 9.52. The van der Waals surface area contributed by atoms with Gasteiger partial charge in [-0.05, 0) is 29.7 Å². The Kier molecular flexibility index (Phi) is 7.36. The first-order valence-corrected chi connectivity index (χ1v) is 9.43. The molecule has 0 amide bonds. The van der Waals surface area contributed by atoms with E-state index in [-0.39, 0.29) is 5.41 Å². The zero-order valence-corrected chi connectivity index (χ0v) is 15.6. The van der Waals surface area contributed by atoms with Gasteiger partial charge in [0, 0.05) is 5.41 Å². The molecule has 0 saturated carbocycles. The summed E-state index contributed by atoms with van der Waals surface area (Å²) in [5.41, 5.74) is 2.67. The van der Waals surface area contributed by atoms with Crippen LogP contribution in [-0.4, -0.2) is 6.61 Å². The molecule has 0 fully saturated rings. The Labute approximate surface area is 148 Å². The summed E-state index contributed by atoms with van der Waals surface area (Å²) in [7, 11) is 0. The van der Waals surface area contributed by atoms with Gasteiger partial charge in [0.1, 0.15) is 5.75 Å². The molecule has 0 atom stereocenters. The number of hydrogen-bond acceptors (Lipinski definition) is 1. The number of rotatable bonds is 10. The Hall–Kier alpha value is -1.76. The Bertz CT molecular complexity index is 569. The third kappa shape index (κ3) is 5.40. The molecule has 0 saturated heterocycles. The fourth-order valence-corrected chi connectivity index (χ4v) is 3.06. The third-order valence-corrected chi connectivity index (χ3v) is 4.84. The van der Waals surface area contributed by atoms with Gasteiger partial charge in [-0.3, -0.25) is 0 Å². The van der Waals surface area contributed by atoms with E-state index in [1.165, 1.54) is 43.2 Å². The van der Waals surface area contributed by atoms with Crippen LogP contribution in [-0.2, 0) is 5.41 Å². The quantitative estimate of drug-likeness (QED) is 0.439. The van der Waals surface area contributed by atoms with Crippen LogP contribution >= 0.6 is 0 Å². The average molecular weight is 325 g/mol. The summed E-state index contributed by atoms with van der Waals surface area (Å²) in [5, 5.41) is 0. The van der Waals surface area contributed by atoms with Crippen LogP contribution < -0.4 is 4.74 Å². The molecule has 0 N–H and O–H groups in total. The molecule has 1 nitrogen and oxygen atoms in total. The van der Waals surface area contributed by atoms with E-state index in [9.17, 15) is 0 Å². The molecule has 2 aromatic carbocycles. The van der Waals surface area contributed by atoms with Crippen molar-refractivity contribution in [2.45, 2.75) is 64.7 Å². The monoisotopic (exact) mass is 324 g/mol. The molecule has 2 rings (SSSR count). The van der Waals surface area contributed by atoms with Gasteiger partial charge in [-0.25, -0.2) is 0 Å². The highest BCUT2D eigenvalue weighted by Crippen LogP contribution is 2.32. The molecular weight excluding hydrogens is 292 g/mol. The molecule has 0 spiro atoms. The average Bonchev–Trinajstić information content (AvgIpc) is 2.62. The van der Waals surface area contributed by atoms with E-state index in [1.807, 2.05) is 0 Å². The number of benzene rings is 2. The molecule has 0 heterocycles. The summed E-state index contributed by atoms with van der Waals surface area (Å²) in [5.74, 6) is 0.983. The fourth-order valence-electron chi connectivity index (χ4n) is 3.06. The molecule has 0 aliphatic carbocycles. The van der Waals surface area contributed by atoms with Crippen LogP contribution in [0.4, 0.5) is 0 Å². The van der Waals surface area contributed by atoms with Crippen LogP contribution in [0.3, 0.4) is 0 Å². The summed E-state index contributed by atoms with van der Waals surface area (Å²) < 4.78 is 5.89. The molecule has 2 aromatic rings. The van der Waals surface area contributed by atoms with E-state index >= 15 is 0 Å². The van der Waals surface area contributed by atoms with Gasteiger partial charge in [-0.15, -0.1) is 0 Å². The normalized spacial score (nSPS) is 11.5. The summed E-state index contributed by atoms with van der Waals surface area (Å²) in [6, 6.07) is 19.3. The van der Waals surface area contributed by atoms with Gasteiger partial charge in [0.15, 0.2) is 0 Å². The van der Waals surface area contributed by atoms with E-state index < -0.39 is 0 Å². The molecule has 0 radical (unpaired) electrons. The first-order valence-electron chi connectivity index (χ1n) is 9.43. The van der Waals surface area contributed by atoms with Crippen LogP contribution in [0.5, 0.6) is 5.75 Å². The smallest absolute Gasteiger partial charge is 0.119 e. The van der Waals surface area contributed by atoms with Crippen molar-refractivity contribution >= 4 is 0 Å². The topological polar surface area (TPSA) is 9.23 Å². The van der Waals surface area contributed by atoms with Crippen LogP contribution in [0.25, 0.3) is 0 Å². The molecular formula is C23H32O. The SMILES string of the molecule is CCCCCCCCOc1ccc(C(C)(C)c2ccccc2)cc1. The first kappa shape index (κ1) is 18.6. The van der Waals surface area contributed by atoms with Gasteiger partial charge < -0.3 is 4.74 Å². The highest BCUT2D eigenvalue weighted by Gasteiger charge is 2.22. The van der Waals surface area contributed by atoms with Gasteiger partial charge in [-0.1, -0.05) is 95.3 Å². The summed E-state index contributed by atoms with van der Waals surface area (Å²) in [6.45, 7) is 7.63. The van der Waals surface area contributed by atoms with Crippen molar-refractivity contribution in [2.75, 3.05) is 6.61 Å². The van der Waals surface area contributed by atoms with Gasteiger partial charge in [0.25, 0.3) is 0 Å². The lowest BCUT2D eigenvalue weighted by molar-refractivity contribution is 0.304. The van der Waals surface area contributed by atoms with Crippen LogP contribution in [0.2, 0.25) is 0 Å². The minimum absolute atomic E-state index is 0.0130. The van der Waals surface area contributed by atoms with Crippen molar-refractivity contribution < 1.29 is 4.74 Å². The maximum atomic E-state index is 5.89. The second-order valence-electron chi connectivity index (χ2n) is 7.13. The van der Waals surface area contributed by atoms with Gasteiger partial charge in [0.2, 0.25) is 0 Å². The lowest BCUT2D eigenvalue weighted by Gasteiger charge is -2.26. The Morgan fingerprint density at radius 1 is 0.708 bits per heavy atom. The van der Waals surface area contributed by atoms with Crippen LogP contribution in [0, 0.1) is 0 Å². The Balaban J connectivity index is 1.82. The van der Waals surface area contributed by atoms with E-state index in [4.69, 9.17) is 4.74 Å². The Morgan fingerprint density at radius 2 is 1.29 bits per heavy atom. The van der Waals surface area contributed by atoms with Crippen molar-refractivity contribution in [1.82, 2.24) is 0 Å². The number of unbranched alkanes of at least 4 members (excludes halogenated alkanes) is 5. The minimum atomic E-state index is 0.0130. The predicted octanol–water partition coefficient (Wildman–Crippen LogP) is 6.75. The molecule has 0 aliphatic heterocycles. The van der Waals surface area contributed by atoms with E-state index in [2.05, 4.69) is 75.4 Å². The summed E-state index contributed by atoms with van der Waals surface area (Å²) >= 11 is 0. The summed E-state index contributed by atoms with van der Waals surface area (Å²) in [4.78, 5) is 0. The van der Waals surface area contributed by atoms with E-state index in [1.54, 1.807) is 0 Å². The molecule has 0 aromatic heterocycles. The molecule has 0 unspecified atom stereocenters. The zero-order valence-electron chi connectivity index (χ0n) is 15.6. The highest BCUT2D eigenvalue weighted by atomic mass is 16.5. The van der Waals surface area contributed by atoms with Gasteiger partial charge in [0.05, 0.1) is 6.61 Å². The molecule has 0 bridgehead atoms. The first-order chi connectivity index (χ1) is 11.6. The molecule has 24 heavy (non-hydrogen) atoms. The number of ether oxygens (including phenoxy) is 1. The standard InChI is InChI=1S/C23H32O/c1-4-5-6-7-8-12-19-24-22-17-15-21(16-18-22)23(2,3)20-13-10-9-11-14-20/h9-11,13-18H,4-8,12,19H2,1-3H3. The fraction of sp³-hybridized carbons (Fsp3) is 0.478. The minimum Gasteiger partial charge on any atom is -0.494 e. The molecule has 1 heteroatoms. The highest BCUT2D eigenvalue weighted by molar-refractivity contribution is 5.39. The molecule has 130 valence electrons. The van der Waals surface area contributed by atoms with E-state index in [0.29, 0.717) is 0 Å². The number of hydrogen-bond donors (Lipinski definition) is 0. The van der Waals surface area contributed by atoms with Crippen molar-refractivity contribution in [3.05, 3.63) is 65.7 Å². The maximum Gasteiger partial charge on any atom is 0.119 e. The van der Waals surface area contributed by atoms with Crippen molar-refractivity contribution in [1.29, 1.82) is 0 Å². The van der Waals surface area contributed by atoms with Crippen molar-refractivity contribution in [3.63, 3.8) is 0 Å². The van der Waals surface area contributed by atoms with Gasteiger partial charge >= 0.3 is 0 Å². The van der Waals surface area contributed by atoms with Gasteiger partial charge in [-0.2, -0.15) is 0 Å². The lowest BCUT2D eigenvalue weighted by atomic mass is 9.78. The largest absolute Gasteiger partial charge is 0.494 e. The maximum absolute atomic E-state index is 5.89. The zero-order chi connectivity index (χ0) is 17.3. The second-order valence-corrected chi connectivity index (χ2v) is 7.13. The molecule has 0 aliphatic rings. The van der Waals surface area contributed by atoms with Crippen molar-refractivity contribution in [3.8, 4) is 5.75 Å². The predicted molar refractivity (Wildman–Crippen MR) is 104 cm³/mol. The van der Waals surface area contributed by atoms with E-state index in [0.717, 1.165) is 18.8 Å².